The van der Waals surface area contributed by atoms with Crippen LogP contribution in [-0.2, 0) is 6.42 Å². The predicted octanol–water partition coefficient (Wildman–Crippen LogP) is 3.29. The van der Waals surface area contributed by atoms with Crippen molar-refractivity contribution >= 4 is 5.82 Å². The standard InChI is InChI=1S/C15H18FN3O/c1-4-11-14(18-9-19-15(11)17-5-2)12-7-6-10(20-3)8-13(12)16/h6-9H,4-5H2,1-3H3,(H,17,18,19). The minimum absolute atomic E-state index is 0.347. The summed E-state index contributed by atoms with van der Waals surface area (Å²) in [6.07, 6.45) is 2.18. The number of methoxy groups -OCH3 is 1. The summed E-state index contributed by atoms with van der Waals surface area (Å²) < 4.78 is 19.2. The summed E-state index contributed by atoms with van der Waals surface area (Å²) in [5, 5.41) is 3.18. The molecule has 0 fully saturated rings. The van der Waals surface area contributed by atoms with Crippen molar-refractivity contribution in [3.63, 3.8) is 0 Å². The first kappa shape index (κ1) is 14.2. The van der Waals surface area contributed by atoms with Crippen molar-refractivity contribution in [1.29, 1.82) is 0 Å². The van der Waals surface area contributed by atoms with Gasteiger partial charge in [0.2, 0.25) is 0 Å². The zero-order chi connectivity index (χ0) is 14.5. The summed E-state index contributed by atoms with van der Waals surface area (Å²) in [5.74, 6) is 0.903. The molecule has 2 rings (SSSR count). The van der Waals surface area contributed by atoms with Crippen LogP contribution in [-0.4, -0.2) is 23.6 Å². The molecule has 106 valence electrons. The molecule has 1 heterocycles. The fraction of sp³-hybridized carbons (Fsp3) is 0.333. The van der Waals surface area contributed by atoms with Crippen molar-refractivity contribution in [2.45, 2.75) is 20.3 Å². The second-order valence-corrected chi connectivity index (χ2v) is 4.28. The van der Waals surface area contributed by atoms with Crippen LogP contribution in [0.2, 0.25) is 0 Å². The molecule has 1 aromatic carbocycles. The van der Waals surface area contributed by atoms with Gasteiger partial charge in [-0.05, 0) is 25.5 Å². The molecule has 0 radical (unpaired) electrons. The maximum Gasteiger partial charge on any atom is 0.136 e. The van der Waals surface area contributed by atoms with Gasteiger partial charge in [0.05, 0.1) is 12.8 Å². The van der Waals surface area contributed by atoms with Crippen LogP contribution in [0.5, 0.6) is 5.75 Å². The van der Waals surface area contributed by atoms with Gasteiger partial charge < -0.3 is 10.1 Å². The van der Waals surface area contributed by atoms with E-state index in [2.05, 4.69) is 15.3 Å². The zero-order valence-electron chi connectivity index (χ0n) is 11.9. The van der Waals surface area contributed by atoms with Gasteiger partial charge in [0, 0.05) is 23.7 Å². The summed E-state index contributed by atoms with van der Waals surface area (Å²) in [7, 11) is 1.51. The number of aromatic nitrogens is 2. The molecule has 0 saturated heterocycles. The predicted molar refractivity (Wildman–Crippen MR) is 77.5 cm³/mol. The monoisotopic (exact) mass is 275 g/mol. The lowest BCUT2D eigenvalue weighted by molar-refractivity contribution is 0.411. The number of nitrogens with zero attached hydrogens (tertiary/aromatic N) is 2. The Kier molecular flexibility index (Phi) is 4.50. The second-order valence-electron chi connectivity index (χ2n) is 4.28. The third-order valence-corrected chi connectivity index (χ3v) is 3.07. The molecule has 0 aliphatic carbocycles. The molecule has 1 N–H and O–H groups in total. The molecule has 4 nitrogen and oxygen atoms in total. The summed E-state index contributed by atoms with van der Waals surface area (Å²) in [6, 6.07) is 4.78. The van der Waals surface area contributed by atoms with Crippen molar-refractivity contribution in [3.05, 3.63) is 35.9 Å². The second kappa shape index (κ2) is 6.32. The molecule has 0 saturated carbocycles. The van der Waals surface area contributed by atoms with Crippen molar-refractivity contribution in [1.82, 2.24) is 9.97 Å². The molecule has 0 spiro atoms. The molecule has 0 bridgehead atoms. The maximum absolute atomic E-state index is 14.2. The third kappa shape index (κ3) is 2.71. The highest BCUT2D eigenvalue weighted by molar-refractivity contribution is 5.69. The Bertz CT molecular complexity index is 602. The number of ether oxygens (including phenoxy) is 1. The van der Waals surface area contributed by atoms with E-state index in [0.717, 1.165) is 24.3 Å². The topological polar surface area (TPSA) is 47.0 Å². The van der Waals surface area contributed by atoms with Crippen LogP contribution in [0.15, 0.2) is 24.5 Å². The van der Waals surface area contributed by atoms with Gasteiger partial charge in [0.1, 0.15) is 23.7 Å². The van der Waals surface area contributed by atoms with Crippen LogP contribution in [0.4, 0.5) is 10.2 Å². The molecule has 1 aromatic heterocycles. The molecule has 0 atom stereocenters. The first-order valence-electron chi connectivity index (χ1n) is 6.62. The molecule has 20 heavy (non-hydrogen) atoms. The Hall–Kier alpha value is -2.17. The summed E-state index contributed by atoms with van der Waals surface area (Å²) in [4.78, 5) is 8.47. The fourth-order valence-corrected chi connectivity index (χ4v) is 2.11. The third-order valence-electron chi connectivity index (χ3n) is 3.07. The molecule has 0 unspecified atom stereocenters. The SMILES string of the molecule is CCNc1ncnc(-c2ccc(OC)cc2F)c1CC. The normalized spacial score (nSPS) is 10.4. The summed E-state index contributed by atoms with van der Waals surface area (Å²) >= 11 is 0. The number of rotatable bonds is 5. The fourth-order valence-electron chi connectivity index (χ4n) is 2.11. The van der Waals surface area contributed by atoms with E-state index in [1.807, 2.05) is 13.8 Å². The summed E-state index contributed by atoms with van der Waals surface area (Å²) in [5.41, 5.74) is 2.00. The zero-order valence-corrected chi connectivity index (χ0v) is 11.9. The Morgan fingerprint density at radius 1 is 1.25 bits per heavy atom. The molecular weight excluding hydrogens is 257 g/mol. The van der Waals surface area contributed by atoms with Gasteiger partial charge in [-0.15, -0.1) is 0 Å². The Balaban J connectivity index is 2.54. The number of anilines is 1. The molecule has 0 amide bonds. The number of hydrogen-bond donors (Lipinski definition) is 1. The quantitative estimate of drug-likeness (QED) is 0.909. The highest BCUT2D eigenvalue weighted by atomic mass is 19.1. The van der Waals surface area contributed by atoms with Crippen molar-refractivity contribution in [2.75, 3.05) is 19.0 Å². The van der Waals surface area contributed by atoms with E-state index in [4.69, 9.17) is 4.74 Å². The van der Waals surface area contributed by atoms with Gasteiger partial charge in [-0.3, -0.25) is 0 Å². The maximum atomic E-state index is 14.2. The molecule has 0 aliphatic rings. The van der Waals surface area contributed by atoms with E-state index < -0.39 is 0 Å². The molecule has 2 aromatic rings. The van der Waals surface area contributed by atoms with Gasteiger partial charge >= 0.3 is 0 Å². The van der Waals surface area contributed by atoms with Crippen LogP contribution >= 0.6 is 0 Å². The first-order valence-corrected chi connectivity index (χ1v) is 6.62. The highest BCUT2D eigenvalue weighted by Gasteiger charge is 2.15. The van der Waals surface area contributed by atoms with Crippen molar-refractivity contribution < 1.29 is 9.13 Å². The Morgan fingerprint density at radius 3 is 2.65 bits per heavy atom. The van der Waals surface area contributed by atoms with Gasteiger partial charge in [-0.2, -0.15) is 0 Å². The van der Waals surface area contributed by atoms with Crippen LogP contribution in [0.1, 0.15) is 19.4 Å². The first-order chi connectivity index (χ1) is 9.71. The van der Waals surface area contributed by atoms with Crippen molar-refractivity contribution in [3.8, 4) is 17.0 Å². The van der Waals surface area contributed by atoms with Crippen LogP contribution in [0.3, 0.4) is 0 Å². The van der Waals surface area contributed by atoms with E-state index in [0.29, 0.717) is 17.0 Å². The number of benzene rings is 1. The number of halogens is 1. The lowest BCUT2D eigenvalue weighted by Crippen LogP contribution is -2.06. The number of hydrogen-bond acceptors (Lipinski definition) is 4. The lowest BCUT2D eigenvalue weighted by atomic mass is 10.0. The van der Waals surface area contributed by atoms with Crippen molar-refractivity contribution in [2.24, 2.45) is 0 Å². The van der Waals surface area contributed by atoms with Gasteiger partial charge in [-0.25, -0.2) is 14.4 Å². The largest absolute Gasteiger partial charge is 0.497 e. The Labute approximate surface area is 118 Å². The van der Waals surface area contributed by atoms with E-state index >= 15 is 0 Å². The highest BCUT2D eigenvalue weighted by Crippen LogP contribution is 2.30. The summed E-state index contributed by atoms with van der Waals surface area (Å²) in [6.45, 7) is 4.76. The molecule has 0 aliphatic heterocycles. The average molecular weight is 275 g/mol. The lowest BCUT2D eigenvalue weighted by Gasteiger charge is -2.13. The Morgan fingerprint density at radius 2 is 2.05 bits per heavy atom. The van der Waals surface area contributed by atoms with E-state index in [9.17, 15) is 4.39 Å². The molecular formula is C15H18FN3O. The van der Waals surface area contributed by atoms with E-state index in [1.54, 1.807) is 12.1 Å². The van der Waals surface area contributed by atoms with Crippen LogP contribution in [0.25, 0.3) is 11.3 Å². The number of nitrogens with one attached hydrogen (secondary N) is 1. The van der Waals surface area contributed by atoms with E-state index in [1.165, 1.54) is 19.5 Å². The smallest absolute Gasteiger partial charge is 0.136 e. The average Bonchev–Trinajstić information content (AvgIpc) is 2.47. The van der Waals surface area contributed by atoms with E-state index in [-0.39, 0.29) is 5.82 Å². The van der Waals surface area contributed by atoms with Crippen LogP contribution < -0.4 is 10.1 Å². The minimum Gasteiger partial charge on any atom is -0.497 e. The molecule has 5 heteroatoms. The van der Waals surface area contributed by atoms with Gasteiger partial charge in [-0.1, -0.05) is 6.92 Å². The van der Waals surface area contributed by atoms with Gasteiger partial charge in [0.25, 0.3) is 0 Å². The van der Waals surface area contributed by atoms with Gasteiger partial charge in [0.15, 0.2) is 0 Å². The van der Waals surface area contributed by atoms with Crippen LogP contribution in [0, 0.1) is 5.82 Å². The minimum atomic E-state index is -0.347.